The van der Waals surface area contributed by atoms with Crippen LogP contribution in [0.15, 0.2) is 60.0 Å². The van der Waals surface area contributed by atoms with Gasteiger partial charge in [-0.3, -0.25) is 0 Å². The third-order valence-electron chi connectivity index (χ3n) is 5.58. The fourth-order valence-electron chi connectivity index (χ4n) is 4.11. The van der Waals surface area contributed by atoms with Crippen molar-refractivity contribution in [2.75, 3.05) is 19.6 Å². The van der Waals surface area contributed by atoms with Gasteiger partial charge in [0, 0.05) is 12.1 Å². The Bertz CT molecular complexity index is 876. The lowest BCUT2D eigenvalue weighted by molar-refractivity contribution is 0.231. The van der Waals surface area contributed by atoms with Crippen LogP contribution in [0.3, 0.4) is 0 Å². The molecule has 0 spiro atoms. The zero-order valence-electron chi connectivity index (χ0n) is 15.5. The molecule has 2 aliphatic heterocycles. The fraction of sp³-hybridized carbons (Fsp3) is 0.348. The summed E-state index contributed by atoms with van der Waals surface area (Å²) in [6.45, 7) is 3.49. The maximum atomic E-state index is 9.63. The van der Waals surface area contributed by atoms with Crippen molar-refractivity contribution in [1.29, 1.82) is 5.26 Å². The highest BCUT2D eigenvalue weighted by molar-refractivity contribution is 5.56. The molecular formula is C23H25N3O. The topological polar surface area (TPSA) is 62.3 Å². The Kier molecular flexibility index (Phi) is 5.13. The van der Waals surface area contributed by atoms with Crippen LogP contribution >= 0.6 is 0 Å². The van der Waals surface area contributed by atoms with Crippen LogP contribution in [0.25, 0.3) is 0 Å². The summed E-state index contributed by atoms with van der Waals surface area (Å²) < 4.78 is 5.84. The van der Waals surface area contributed by atoms with Gasteiger partial charge in [0.25, 0.3) is 0 Å². The normalized spacial score (nSPS) is 19.9. The smallest absolute Gasteiger partial charge is 0.205 e. The number of allylic oxidation sites excluding steroid dienone is 1. The van der Waals surface area contributed by atoms with Crippen molar-refractivity contribution in [3.05, 3.63) is 76.7 Å². The van der Waals surface area contributed by atoms with Gasteiger partial charge in [-0.05, 0) is 49.5 Å². The molecule has 0 bridgehead atoms. The predicted molar refractivity (Wildman–Crippen MR) is 106 cm³/mol. The van der Waals surface area contributed by atoms with Crippen molar-refractivity contribution in [2.24, 2.45) is 5.73 Å². The SMILES string of the molecule is N#CC1=C(N)Oc2cc(CCN3CCCCC3)ccc2C1c1ccccc1. The number of hydrogen-bond acceptors (Lipinski definition) is 4. The van der Waals surface area contributed by atoms with E-state index in [1.165, 1.54) is 37.9 Å². The average molecular weight is 359 g/mol. The van der Waals surface area contributed by atoms with E-state index in [0.29, 0.717) is 5.57 Å². The van der Waals surface area contributed by atoms with Crippen molar-refractivity contribution < 1.29 is 4.74 Å². The molecule has 2 aliphatic rings. The summed E-state index contributed by atoms with van der Waals surface area (Å²) in [4.78, 5) is 2.54. The molecular weight excluding hydrogens is 334 g/mol. The van der Waals surface area contributed by atoms with Gasteiger partial charge in [0.15, 0.2) is 0 Å². The van der Waals surface area contributed by atoms with Crippen LogP contribution in [-0.4, -0.2) is 24.5 Å². The Morgan fingerprint density at radius 1 is 1.07 bits per heavy atom. The van der Waals surface area contributed by atoms with Crippen LogP contribution in [0.4, 0.5) is 0 Å². The van der Waals surface area contributed by atoms with E-state index in [1.54, 1.807) is 0 Å². The van der Waals surface area contributed by atoms with Crippen molar-refractivity contribution in [2.45, 2.75) is 31.6 Å². The van der Waals surface area contributed by atoms with Crippen molar-refractivity contribution in [1.82, 2.24) is 4.90 Å². The van der Waals surface area contributed by atoms with Crippen molar-refractivity contribution >= 4 is 0 Å². The average Bonchev–Trinajstić information content (AvgIpc) is 2.72. The van der Waals surface area contributed by atoms with Gasteiger partial charge in [-0.15, -0.1) is 0 Å². The molecule has 27 heavy (non-hydrogen) atoms. The fourth-order valence-corrected chi connectivity index (χ4v) is 4.11. The van der Waals surface area contributed by atoms with Gasteiger partial charge < -0.3 is 15.4 Å². The minimum atomic E-state index is -0.170. The molecule has 2 heterocycles. The molecule has 2 aromatic rings. The predicted octanol–water partition coefficient (Wildman–Crippen LogP) is 3.93. The van der Waals surface area contributed by atoms with Gasteiger partial charge >= 0.3 is 0 Å². The number of piperidine rings is 1. The molecule has 1 atom stereocenters. The monoisotopic (exact) mass is 359 g/mol. The standard InChI is InChI=1S/C23H25N3O/c24-16-20-22(18-7-3-1-4-8-18)19-10-9-17(15-21(19)27-23(20)25)11-14-26-12-5-2-6-13-26/h1,3-4,7-10,15,22H,2,5-6,11-14,25H2. The zero-order chi connectivity index (χ0) is 18.6. The first-order valence-corrected chi connectivity index (χ1v) is 9.74. The molecule has 1 saturated heterocycles. The molecule has 0 aromatic heterocycles. The van der Waals surface area contributed by atoms with E-state index in [2.05, 4.69) is 29.2 Å². The number of likely N-dealkylation sites (tertiary alicyclic amines) is 1. The Labute approximate surface area is 160 Å². The van der Waals surface area contributed by atoms with Gasteiger partial charge in [-0.1, -0.05) is 48.9 Å². The maximum absolute atomic E-state index is 9.63. The number of nitriles is 1. The molecule has 0 amide bonds. The molecule has 1 fully saturated rings. The highest BCUT2D eigenvalue weighted by Crippen LogP contribution is 2.42. The lowest BCUT2D eigenvalue weighted by Crippen LogP contribution is -2.31. The summed E-state index contributed by atoms with van der Waals surface area (Å²) in [5, 5.41) is 9.63. The summed E-state index contributed by atoms with van der Waals surface area (Å²) in [5.74, 6) is 0.819. The summed E-state index contributed by atoms with van der Waals surface area (Å²) in [6, 6.07) is 18.6. The minimum Gasteiger partial charge on any atom is -0.440 e. The molecule has 0 radical (unpaired) electrons. The van der Waals surface area contributed by atoms with Crippen molar-refractivity contribution in [3.8, 4) is 11.8 Å². The van der Waals surface area contributed by atoms with Crippen LogP contribution in [0.5, 0.6) is 5.75 Å². The van der Waals surface area contributed by atoms with Crippen LogP contribution in [0.2, 0.25) is 0 Å². The number of rotatable bonds is 4. The molecule has 0 aliphatic carbocycles. The molecule has 4 rings (SSSR count). The molecule has 2 aromatic carbocycles. The van der Waals surface area contributed by atoms with E-state index in [1.807, 2.05) is 30.3 Å². The van der Waals surface area contributed by atoms with Crippen LogP contribution in [0.1, 0.15) is 41.9 Å². The molecule has 2 N–H and O–H groups in total. The molecule has 4 heteroatoms. The first-order valence-electron chi connectivity index (χ1n) is 9.74. The van der Waals surface area contributed by atoms with Gasteiger partial charge in [0.2, 0.25) is 5.88 Å². The van der Waals surface area contributed by atoms with Crippen LogP contribution in [-0.2, 0) is 6.42 Å². The van der Waals surface area contributed by atoms with E-state index in [4.69, 9.17) is 10.5 Å². The van der Waals surface area contributed by atoms with Crippen LogP contribution in [0, 0.1) is 11.3 Å². The van der Waals surface area contributed by atoms with E-state index in [0.717, 1.165) is 29.8 Å². The lowest BCUT2D eigenvalue weighted by atomic mass is 9.83. The van der Waals surface area contributed by atoms with Gasteiger partial charge in [0.05, 0.1) is 5.92 Å². The Balaban J connectivity index is 1.60. The second-order valence-corrected chi connectivity index (χ2v) is 7.36. The van der Waals surface area contributed by atoms with Gasteiger partial charge in [0.1, 0.15) is 17.4 Å². The highest BCUT2D eigenvalue weighted by Gasteiger charge is 2.30. The summed E-state index contributed by atoms with van der Waals surface area (Å²) in [7, 11) is 0. The first-order chi connectivity index (χ1) is 13.3. The quantitative estimate of drug-likeness (QED) is 0.898. The Morgan fingerprint density at radius 2 is 1.85 bits per heavy atom. The van der Waals surface area contributed by atoms with E-state index in [9.17, 15) is 5.26 Å². The molecule has 0 saturated carbocycles. The van der Waals surface area contributed by atoms with Crippen LogP contribution < -0.4 is 10.5 Å². The van der Waals surface area contributed by atoms with Gasteiger partial charge in [-0.2, -0.15) is 5.26 Å². The van der Waals surface area contributed by atoms with E-state index in [-0.39, 0.29) is 11.8 Å². The van der Waals surface area contributed by atoms with E-state index >= 15 is 0 Å². The van der Waals surface area contributed by atoms with E-state index < -0.39 is 0 Å². The van der Waals surface area contributed by atoms with Crippen molar-refractivity contribution in [3.63, 3.8) is 0 Å². The lowest BCUT2D eigenvalue weighted by Gasteiger charge is -2.28. The third-order valence-corrected chi connectivity index (χ3v) is 5.58. The number of fused-ring (bicyclic) bond motifs is 1. The number of ether oxygens (including phenoxy) is 1. The maximum Gasteiger partial charge on any atom is 0.205 e. The first kappa shape index (κ1) is 17.6. The molecule has 138 valence electrons. The number of hydrogen-bond donors (Lipinski definition) is 1. The summed E-state index contributed by atoms with van der Waals surface area (Å²) >= 11 is 0. The molecule has 1 unspecified atom stereocenters. The van der Waals surface area contributed by atoms with Gasteiger partial charge in [-0.25, -0.2) is 0 Å². The minimum absolute atomic E-state index is 0.170. The summed E-state index contributed by atoms with van der Waals surface area (Å²) in [5.41, 5.74) is 9.90. The zero-order valence-corrected chi connectivity index (χ0v) is 15.5. The number of nitrogens with zero attached hydrogens (tertiary/aromatic N) is 2. The largest absolute Gasteiger partial charge is 0.440 e. The third kappa shape index (κ3) is 3.70. The second-order valence-electron chi connectivity index (χ2n) is 7.36. The Hall–Kier alpha value is -2.77. The number of nitrogens with two attached hydrogens (primary N) is 1. The molecule has 4 nitrogen and oxygen atoms in total. The number of benzene rings is 2. The summed E-state index contributed by atoms with van der Waals surface area (Å²) in [6.07, 6.45) is 4.98. The Morgan fingerprint density at radius 3 is 2.59 bits per heavy atom. The highest BCUT2D eigenvalue weighted by atomic mass is 16.5. The second kappa shape index (κ2) is 7.85.